The summed E-state index contributed by atoms with van der Waals surface area (Å²) in [7, 11) is -3.37. The standard InChI is InChI=1S/C11H18N4O4S/c1-8(16)10-5-9-7-14(3-4-15(9)13-10)11(17)6-12-20(2,18)19/h5,8,12,16H,3-4,6-7H2,1-2H3/t8-/m0/s1. The zero-order chi connectivity index (χ0) is 14.9. The van der Waals surface area contributed by atoms with Gasteiger partial charge in [0.25, 0.3) is 0 Å². The third kappa shape index (κ3) is 3.56. The molecule has 112 valence electrons. The van der Waals surface area contributed by atoms with Crippen LogP contribution in [0.15, 0.2) is 6.07 Å². The average Bonchev–Trinajstić information content (AvgIpc) is 2.77. The van der Waals surface area contributed by atoms with Crippen LogP contribution in [0.1, 0.15) is 24.4 Å². The molecule has 20 heavy (non-hydrogen) atoms. The molecule has 1 aliphatic rings. The van der Waals surface area contributed by atoms with E-state index in [4.69, 9.17) is 0 Å². The molecule has 1 aromatic rings. The van der Waals surface area contributed by atoms with Crippen molar-refractivity contribution >= 4 is 15.9 Å². The minimum atomic E-state index is -3.37. The van der Waals surface area contributed by atoms with Crippen molar-refractivity contribution in [2.45, 2.75) is 26.1 Å². The molecule has 0 radical (unpaired) electrons. The molecule has 2 rings (SSSR count). The van der Waals surface area contributed by atoms with Gasteiger partial charge in [0, 0.05) is 6.54 Å². The van der Waals surface area contributed by atoms with Crippen LogP contribution in [-0.2, 0) is 27.9 Å². The van der Waals surface area contributed by atoms with Gasteiger partial charge in [-0.25, -0.2) is 13.1 Å². The molecule has 2 heterocycles. The number of hydrogen-bond donors (Lipinski definition) is 2. The number of hydrogen-bond acceptors (Lipinski definition) is 5. The number of aliphatic hydroxyl groups excluding tert-OH is 1. The SMILES string of the molecule is C[C@H](O)c1cc2n(n1)CCN(C(=O)CNS(C)(=O)=O)C2. The lowest BCUT2D eigenvalue weighted by Gasteiger charge is -2.27. The van der Waals surface area contributed by atoms with Gasteiger partial charge in [-0.05, 0) is 13.0 Å². The highest BCUT2D eigenvalue weighted by Gasteiger charge is 2.23. The molecule has 2 N–H and O–H groups in total. The molecule has 1 amide bonds. The summed E-state index contributed by atoms with van der Waals surface area (Å²) in [6.45, 7) is 2.76. The molecule has 0 unspecified atom stereocenters. The zero-order valence-corrected chi connectivity index (χ0v) is 12.2. The van der Waals surface area contributed by atoms with Gasteiger partial charge in [0.1, 0.15) is 0 Å². The molecule has 0 saturated carbocycles. The van der Waals surface area contributed by atoms with Crippen molar-refractivity contribution in [1.29, 1.82) is 0 Å². The van der Waals surface area contributed by atoms with Gasteiger partial charge in [0.2, 0.25) is 15.9 Å². The summed E-state index contributed by atoms with van der Waals surface area (Å²) in [6.07, 6.45) is 0.365. The van der Waals surface area contributed by atoms with E-state index in [1.807, 2.05) is 0 Å². The lowest BCUT2D eigenvalue weighted by molar-refractivity contribution is -0.131. The topological polar surface area (TPSA) is 105 Å². The van der Waals surface area contributed by atoms with E-state index in [1.165, 1.54) is 0 Å². The third-order valence-corrected chi connectivity index (χ3v) is 3.75. The number of carbonyl (C=O) groups is 1. The van der Waals surface area contributed by atoms with Gasteiger partial charge in [-0.2, -0.15) is 5.10 Å². The molecular weight excluding hydrogens is 284 g/mol. The maximum Gasteiger partial charge on any atom is 0.238 e. The number of aromatic nitrogens is 2. The number of sulfonamides is 1. The Bertz CT molecular complexity index is 608. The van der Waals surface area contributed by atoms with Crippen LogP contribution in [0.4, 0.5) is 0 Å². The van der Waals surface area contributed by atoms with Crippen LogP contribution in [0, 0.1) is 0 Å². The van der Waals surface area contributed by atoms with E-state index in [-0.39, 0.29) is 12.5 Å². The van der Waals surface area contributed by atoms with Crippen molar-refractivity contribution in [2.24, 2.45) is 0 Å². The lowest BCUT2D eigenvalue weighted by Crippen LogP contribution is -2.43. The molecule has 8 nitrogen and oxygen atoms in total. The number of nitrogens with one attached hydrogen (secondary N) is 1. The Labute approximate surface area is 117 Å². The Morgan fingerprint density at radius 3 is 2.85 bits per heavy atom. The van der Waals surface area contributed by atoms with Crippen molar-refractivity contribution in [2.75, 3.05) is 19.3 Å². The Hall–Kier alpha value is -1.45. The van der Waals surface area contributed by atoms with Crippen molar-refractivity contribution < 1.29 is 18.3 Å². The largest absolute Gasteiger partial charge is 0.387 e. The molecule has 1 aromatic heterocycles. The maximum atomic E-state index is 11.9. The fourth-order valence-corrected chi connectivity index (χ4v) is 2.40. The quantitative estimate of drug-likeness (QED) is 0.729. The summed E-state index contributed by atoms with van der Waals surface area (Å²) in [6, 6.07) is 1.76. The molecular formula is C11H18N4O4S. The van der Waals surface area contributed by atoms with Gasteiger partial charge in [-0.15, -0.1) is 0 Å². The van der Waals surface area contributed by atoms with Crippen LogP contribution in [0.25, 0.3) is 0 Å². The number of nitrogens with zero attached hydrogens (tertiary/aromatic N) is 3. The fraction of sp³-hybridized carbons (Fsp3) is 0.636. The average molecular weight is 302 g/mol. The summed E-state index contributed by atoms with van der Waals surface area (Å²) >= 11 is 0. The van der Waals surface area contributed by atoms with Gasteiger partial charge in [-0.1, -0.05) is 0 Å². The van der Waals surface area contributed by atoms with Crippen LogP contribution < -0.4 is 4.72 Å². The third-order valence-electron chi connectivity index (χ3n) is 3.08. The smallest absolute Gasteiger partial charge is 0.238 e. The van der Waals surface area contributed by atoms with Crippen molar-refractivity contribution in [1.82, 2.24) is 19.4 Å². The normalized spacial score (nSPS) is 16.9. The van der Waals surface area contributed by atoms with E-state index in [0.717, 1.165) is 11.9 Å². The van der Waals surface area contributed by atoms with E-state index in [2.05, 4.69) is 9.82 Å². The Morgan fingerprint density at radius 1 is 1.55 bits per heavy atom. The first-order valence-electron chi connectivity index (χ1n) is 6.23. The number of carbonyl (C=O) groups excluding carboxylic acids is 1. The van der Waals surface area contributed by atoms with E-state index < -0.39 is 16.1 Å². The van der Waals surface area contributed by atoms with Crippen LogP contribution >= 0.6 is 0 Å². The van der Waals surface area contributed by atoms with Crippen LogP contribution in [0.5, 0.6) is 0 Å². The maximum absolute atomic E-state index is 11.9. The highest BCUT2D eigenvalue weighted by Crippen LogP contribution is 2.17. The highest BCUT2D eigenvalue weighted by molar-refractivity contribution is 7.88. The minimum Gasteiger partial charge on any atom is -0.387 e. The highest BCUT2D eigenvalue weighted by atomic mass is 32.2. The second-order valence-corrected chi connectivity index (χ2v) is 6.70. The molecule has 0 saturated heterocycles. The predicted octanol–water partition coefficient (Wildman–Crippen LogP) is -1.17. The first-order valence-corrected chi connectivity index (χ1v) is 8.12. The van der Waals surface area contributed by atoms with Crippen molar-refractivity contribution in [3.05, 3.63) is 17.5 Å². The molecule has 0 aliphatic carbocycles. The van der Waals surface area contributed by atoms with Crippen LogP contribution in [0.3, 0.4) is 0 Å². The lowest BCUT2D eigenvalue weighted by atomic mass is 10.2. The van der Waals surface area contributed by atoms with E-state index in [0.29, 0.717) is 25.3 Å². The minimum absolute atomic E-state index is 0.240. The second kappa shape index (κ2) is 5.51. The number of rotatable bonds is 4. The first-order chi connectivity index (χ1) is 9.26. The molecule has 0 fully saturated rings. The molecule has 1 aliphatic heterocycles. The molecule has 1 atom stereocenters. The molecule has 0 bridgehead atoms. The Morgan fingerprint density at radius 2 is 2.25 bits per heavy atom. The van der Waals surface area contributed by atoms with Crippen LogP contribution in [-0.4, -0.2) is 53.5 Å². The summed E-state index contributed by atoms with van der Waals surface area (Å²) in [5.41, 5.74) is 1.41. The van der Waals surface area contributed by atoms with Gasteiger partial charge >= 0.3 is 0 Å². The monoisotopic (exact) mass is 302 g/mol. The second-order valence-electron chi connectivity index (χ2n) is 4.87. The first kappa shape index (κ1) is 14.9. The summed E-state index contributed by atoms with van der Waals surface area (Å²) in [5.74, 6) is -0.276. The summed E-state index contributed by atoms with van der Waals surface area (Å²) < 4.78 is 25.9. The van der Waals surface area contributed by atoms with Crippen molar-refractivity contribution in [3.8, 4) is 0 Å². The van der Waals surface area contributed by atoms with Crippen LogP contribution in [0.2, 0.25) is 0 Å². The summed E-state index contributed by atoms with van der Waals surface area (Å²) in [4.78, 5) is 13.5. The predicted molar refractivity (Wildman–Crippen MR) is 71.1 cm³/mol. The summed E-state index contributed by atoms with van der Waals surface area (Å²) in [5, 5.41) is 13.7. The van der Waals surface area contributed by atoms with E-state index in [1.54, 1.807) is 22.6 Å². The molecule has 9 heteroatoms. The van der Waals surface area contributed by atoms with Gasteiger partial charge in [0.15, 0.2) is 0 Å². The van der Waals surface area contributed by atoms with Gasteiger partial charge in [-0.3, -0.25) is 9.48 Å². The number of fused-ring (bicyclic) bond motifs is 1. The molecule has 0 aromatic carbocycles. The Kier molecular flexibility index (Phi) is 4.11. The number of aliphatic hydroxyl groups is 1. The number of amides is 1. The van der Waals surface area contributed by atoms with E-state index in [9.17, 15) is 18.3 Å². The van der Waals surface area contributed by atoms with Gasteiger partial charge < -0.3 is 10.0 Å². The Balaban J connectivity index is 2.01. The van der Waals surface area contributed by atoms with E-state index >= 15 is 0 Å². The van der Waals surface area contributed by atoms with Gasteiger partial charge in [0.05, 0.1) is 43.4 Å². The van der Waals surface area contributed by atoms with Crippen molar-refractivity contribution in [3.63, 3.8) is 0 Å². The molecule has 0 spiro atoms. The fourth-order valence-electron chi connectivity index (χ4n) is 2.01. The zero-order valence-electron chi connectivity index (χ0n) is 11.4.